The van der Waals surface area contributed by atoms with Gasteiger partial charge in [-0.05, 0) is 18.4 Å². The highest BCUT2D eigenvalue weighted by Crippen LogP contribution is 2.05. The van der Waals surface area contributed by atoms with E-state index in [1.165, 1.54) is 18.4 Å². The third-order valence-corrected chi connectivity index (χ3v) is 3.18. The van der Waals surface area contributed by atoms with Gasteiger partial charge in [-0.25, -0.2) is 0 Å². The van der Waals surface area contributed by atoms with E-state index in [1.54, 1.807) is 6.20 Å². The Balaban J connectivity index is 1.75. The second-order valence-corrected chi connectivity index (χ2v) is 4.96. The van der Waals surface area contributed by atoms with Crippen LogP contribution in [0.5, 0.6) is 0 Å². The van der Waals surface area contributed by atoms with E-state index in [2.05, 4.69) is 44.9 Å². The maximum absolute atomic E-state index is 4.41. The van der Waals surface area contributed by atoms with E-state index in [-0.39, 0.29) is 0 Å². The Kier molecular flexibility index (Phi) is 6.45. The summed E-state index contributed by atoms with van der Waals surface area (Å²) in [5.74, 6) is 1.36. The molecule has 0 atom stereocenters. The molecule has 0 spiro atoms. The summed E-state index contributed by atoms with van der Waals surface area (Å²) in [4.78, 5) is 4.41. The van der Waals surface area contributed by atoms with Crippen molar-refractivity contribution in [1.82, 2.24) is 15.2 Å². The molecule has 0 aliphatic rings. The summed E-state index contributed by atoms with van der Waals surface area (Å²) in [5.41, 5.74) is 1.30. The van der Waals surface area contributed by atoms with E-state index in [1.807, 2.05) is 18.2 Å². The van der Waals surface area contributed by atoms with Crippen LogP contribution in [0.15, 0.2) is 36.5 Å². The molecule has 112 valence electrons. The van der Waals surface area contributed by atoms with Crippen LogP contribution in [0.1, 0.15) is 31.7 Å². The highest BCUT2D eigenvalue weighted by atomic mass is 15.3. The quantitative estimate of drug-likeness (QED) is 0.693. The van der Waals surface area contributed by atoms with Crippen LogP contribution in [0.3, 0.4) is 0 Å². The highest BCUT2D eigenvalue weighted by molar-refractivity contribution is 5.36. The number of hydrogen-bond donors (Lipinski definition) is 2. The molecular weight excluding hydrogens is 262 g/mol. The standard InChI is InChI=1S/C16H23N5/c1-2-3-7-11-17-15-13-19-21-16(20-15)18-12-10-14-8-5-4-6-9-14/h4-6,8-9,13H,2-3,7,10-12H2,1H3,(H2,17,18,20,21). The number of anilines is 2. The molecular formula is C16H23N5. The van der Waals surface area contributed by atoms with Crippen LogP contribution in [0, 0.1) is 0 Å². The van der Waals surface area contributed by atoms with Gasteiger partial charge in [0.05, 0.1) is 6.20 Å². The molecule has 5 nitrogen and oxygen atoms in total. The SMILES string of the molecule is CCCCCNc1cnnc(NCCc2ccccc2)n1. The monoisotopic (exact) mass is 285 g/mol. The van der Waals surface area contributed by atoms with E-state index in [4.69, 9.17) is 0 Å². The molecule has 2 N–H and O–H groups in total. The zero-order valence-electron chi connectivity index (χ0n) is 12.5. The molecule has 0 aliphatic heterocycles. The van der Waals surface area contributed by atoms with Gasteiger partial charge in [-0.1, -0.05) is 50.1 Å². The molecule has 0 saturated carbocycles. The fourth-order valence-corrected chi connectivity index (χ4v) is 2.02. The lowest BCUT2D eigenvalue weighted by molar-refractivity contribution is 0.741. The van der Waals surface area contributed by atoms with Crippen molar-refractivity contribution >= 4 is 11.8 Å². The van der Waals surface area contributed by atoms with E-state index in [0.29, 0.717) is 5.95 Å². The molecule has 2 rings (SSSR count). The third-order valence-electron chi connectivity index (χ3n) is 3.18. The molecule has 0 radical (unpaired) electrons. The van der Waals surface area contributed by atoms with Crippen molar-refractivity contribution < 1.29 is 0 Å². The first-order valence-electron chi connectivity index (χ1n) is 7.60. The van der Waals surface area contributed by atoms with Crippen LogP contribution in [-0.4, -0.2) is 28.3 Å². The number of hydrogen-bond acceptors (Lipinski definition) is 5. The van der Waals surface area contributed by atoms with E-state index in [9.17, 15) is 0 Å². The summed E-state index contributed by atoms with van der Waals surface area (Å²) in [6, 6.07) is 10.4. The summed E-state index contributed by atoms with van der Waals surface area (Å²) >= 11 is 0. The highest BCUT2D eigenvalue weighted by Gasteiger charge is 2.00. The first-order valence-corrected chi connectivity index (χ1v) is 7.60. The molecule has 0 aliphatic carbocycles. The maximum atomic E-state index is 4.41. The minimum Gasteiger partial charge on any atom is -0.369 e. The Morgan fingerprint density at radius 1 is 1.00 bits per heavy atom. The number of nitrogens with one attached hydrogen (secondary N) is 2. The van der Waals surface area contributed by atoms with Crippen LogP contribution in [0.4, 0.5) is 11.8 Å². The number of aromatic nitrogens is 3. The van der Waals surface area contributed by atoms with Crippen molar-refractivity contribution in [3.8, 4) is 0 Å². The maximum Gasteiger partial charge on any atom is 0.244 e. The summed E-state index contributed by atoms with van der Waals surface area (Å²) in [5, 5.41) is 14.5. The Hall–Kier alpha value is -2.17. The smallest absolute Gasteiger partial charge is 0.244 e. The predicted molar refractivity (Wildman–Crippen MR) is 86.5 cm³/mol. The van der Waals surface area contributed by atoms with Crippen LogP contribution in [-0.2, 0) is 6.42 Å². The van der Waals surface area contributed by atoms with Crippen LogP contribution in [0.2, 0.25) is 0 Å². The zero-order valence-corrected chi connectivity index (χ0v) is 12.5. The molecule has 0 unspecified atom stereocenters. The summed E-state index contributed by atoms with van der Waals surface area (Å²) in [7, 11) is 0. The number of unbranched alkanes of at least 4 members (excludes halogenated alkanes) is 2. The Morgan fingerprint density at radius 2 is 1.86 bits per heavy atom. The average Bonchev–Trinajstić information content (AvgIpc) is 2.53. The van der Waals surface area contributed by atoms with Crippen molar-refractivity contribution in [2.75, 3.05) is 23.7 Å². The van der Waals surface area contributed by atoms with Crippen molar-refractivity contribution in [3.63, 3.8) is 0 Å². The molecule has 5 heteroatoms. The molecule has 0 saturated heterocycles. The van der Waals surface area contributed by atoms with Crippen molar-refractivity contribution in [1.29, 1.82) is 0 Å². The lowest BCUT2D eigenvalue weighted by Crippen LogP contribution is -2.11. The van der Waals surface area contributed by atoms with Gasteiger partial charge in [0.2, 0.25) is 5.95 Å². The van der Waals surface area contributed by atoms with Gasteiger partial charge in [-0.2, -0.15) is 10.1 Å². The Morgan fingerprint density at radius 3 is 2.67 bits per heavy atom. The van der Waals surface area contributed by atoms with Crippen molar-refractivity contribution in [2.24, 2.45) is 0 Å². The third kappa shape index (κ3) is 5.77. The van der Waals surface area contributed by atoms with E-state index >= 15 is 0 Å². The molecule has 1 aromatic heterocycles. The Labute approximate surface area is 126 Å². The summed E-state index contributed by atoms with van der Waals surface area (Å²) in [6.07, 6.45) is 6.20. The topological polar surface area (TPSA) is 62.7 Å². The van der Waals surface area contributed by atoms with Crippen molar-refractivity contribution in [3.05, 3.63) is 42.1 Å². The summed E-state index contributed by atoms with van der Waals surface area (Å²) < 4.78 is 0. The van der Waals surface area contributed by atoms with Gasteiger partial charge in [-0.15, -0.1) is 5.10 Å². The largest absolute Gasteiger partial charge is 0.369 e. The fourth-order valence-electron chi connectivity index (χ4n) is 2.02. The van der Waals surface area contributed by atoms with Gasteiger partial charge in [0.25, 0.3) is 0 Å². The molecule has 0 amide bonds. The second-order valence-electron chi connectivity index (χ2n) is 4.96. The zero-order chi connectivity index (χ0) is 14.8. The van der Waals surface area contributed by atoms with Crippen molar-refractivity contribution in [2.45, 2.75) is 32.6 Å². The molecule has 0 bridgehead atoms. The lowest BCUT2D eigenvalue weighted by Gasteiger charge is -2.07. The van der Waals surface area contributed by atoms with Gasteiger partial charge < -0.3 is 10.6 Å². The van der Waals surface area contributed by atoms with Gasteiger partial charge >= 0.3 is 0 Å². The molecule has 0 fully saturated rings. The van der Waals surface area contributed by atoms with Gasteiger partial charge in [0, 0.05) is 13.1 Å². The van der Waals surface area contributed by atoms with Gasteiger partial charge in [0.15, 0.2) is 0 Å². The van der Waals surface area contributed by atoms with Crippen LogP contribution >= 0.6 is 0 Å². The molecule has 1 aromatic carbocycles. The van der Waals surface area contributed by atoms with Crippen LogP contribution < -0.4 is 10.6 Å². The molecule has 2 aromatic rings. The van der Waals surface area contributed by atoms with Gasteiger partial charge in [-0.3, -0.25) is 0 Å². The minimum atomic E-state index is 0.575. The predicted octanol–water partition coefficient (Wildman–Crippen LogP) is 3.13. The molecule has 21 heavy (non-hydrogen) atoms. The molecule has 1 heterocycles. The number of nitrogens with zero attached hydrogens (tertiary/aromatic N) is 3. The summed E-state index contributed by atoms with van der Waals surface area (Å²) in [6.45, 7) is 3.92. The van der Waals surface area contributed by atoms with E-state index in [0.717, 1.165) is 31.7 Å². The fraction of sp³-hybridized carbons (Fsp3) is 0.438. The van der Waals surface area contributed by atoms with Crippen LogP contribution in [0.25, 0.3) is 0 Å². The average molecular weight is 285 g/mol. The number of benzene rings is 1. The first-order chi connectivity index (χ1) is 10.4. The Bertz CT molecular complexity index is 515. The number of rotatable bonds is 9. The normalized spacial score (nSPS) is 10.3. The minimum absolute atomic E-state index is 0.575. The van der Waals surface area contributed by atoms with E-state index < -0.39 is 0 Å². The second kappa shape index (κ2) is 8.89. The lowest BCUT2D eigenvalue weighted by atomic mass is 10.1. The van der Waals surface area contributed by atoms with Gasteiger partial charge in [0.1, 0.15) is 5.82 Å². The first kappa shape index (κ1) is 15.2.